The number of hydrogen-bond acceptors (Lipinski definition) is 4. The number of nitrogens with zero attached hydrogens (tertiary/aromatic N) is 2. The molecule has 0 fully saturated rings. The van der Waals surface area contributed by atoms with Crippen LogP contribution in [0.5, 0.6) is 5.75 Å². The Bertz CT molecular complexity index is 548. The van der Waals surface area contributed by atoms with Crippen LogP contribution in [0, 0.1) is 0 Å². The fourth-order valence-electron chi connectivity index (χ4n) is 1.89. The standard InChI is InChI=1S/C16H20BrN3O/c1-2-7-15-19-14(17)12-16(20-15)18-10-6-11-21-13-8-4-3-5-9-13/h3-5,8-9,12H,2,6-7,10-11H2,1H3,(H,18,19,20). The van der Waals surface area contributed by atoms with Gasteiger partial charge in [0.05, 0.1) is 6.61 Å². The summed E-state index contributed by atoms with van der Waals surface area (Å²) in [5.41, 5.74) is 0. The number of ether oxygens (including phenoxy) is 1. The third-order valence-electron chi connectivity index (χ3n) is 2.85. The highest BCUT2D eigenvalue weighted by atomic mass is 79.9. The molecule has 1 aromatic heterocycles. The minimum atomic E-state index is 0.686. The highest BCUT2D eigenvalue weighted by Crippen LogP contribution is 2.13. The van der Waals surface area contributed by atoms with E-state index in [4.69, 9.17) is 4.74 Å². The number of anilines is 1. The number of aromatic nitrogens is 2. The fraction of sp³-hybridized carbons (Fsp3) is 0.375. The van der Waals surface area contributed by atoms with Crippen LogP contribution < -0.4 is 10.1 Å². The Kier molecular flexibility index (Phi) is 6.47. The first-order valence-electron chi connectivity index (χ1n) is 7.23. The number of nitrogens with one attached hydrogen (secondary N) is 1. The van der Waals surface area contributed by atoms with E-state index in [1.54, 1.807) is 0 Å². The second-order valence-electron chi connectivity index (χ2n) is 4.68. The van der Waals surface area contributed by atoms with Crippen LogP contribution in [0.1, 0.15) is 25.6 Å². The maximum Gasteiger partial charge on any atom is 0.132 e. The molecule has 4 nitrogen and oxygen atoms in total. The molecule has 0 radical (unpaired) electrons. The summed E-state index contributed by atoms with van der Waals surface area (Å²) in [6, 6.07) is 11.8. The van der Waals surface area contributed by atoms with Crippen molar-refractivity contribution in [3.05, 3.63) is 46.8 Å². The normalized spacial score (nSPS) is 10.4. The van der Waals surface area contributed by atoms with E-state index in [9.17, 15) is 0 Å². The van der Waals surface area contributed by atoms with Crippen molar-refractivity contribution in [3.63, 3.8) is 0 Å². The first-order valence-corrected chi connectivity index (χ1v) is 8.02. The molecule has 0 aliphatic heterocycles. The van der Waals surface area contributed by atoms with Crippen LogP contribution in [-0.2, 0) is 6.42 Å². The van der Waals surface area contributed by atoms with Gasteiger partial charge in [0.2, 0.25) is 0 Å². The van der Waals surface area contributed by atoms with Crippen LogP contribution in [0.25, 0.3) is 0 Å². The van der Waals surface area contributed by atoms with Gasteiger partial charge in [-0.15, -0.1) is 0 Å². The van der Waals surface area contributed by atoms with Crippen molar-refractivity contribution in [1.29, 1.82) is 0 Å². The first-order chi connectivity index (χ1) is 10.3. The Morgan fingerprint density at radius 3 is 2.76 bits per heavy atom. The average molecular weight is 350 g/mol. The molecule has 0 unspecified atom stereocenters. The quantitative estimate of drug-likeness (QED) is 0.576. The second-order valence-corrected chi connectivity index (χ2v) is 5.50. The second kappa shape index (κ2) is 8.62. The molecule has 21 heavy (non-hydrogen) atoms. The van der Waals surface area contributed by atoms with E-state index in [-0.39, 0.29) is 0 Å². The van der Waals surface area contributed by atoms with Crippen LogP contribution in [0.4, 0.5) is 5.82 Å². The Morgan fingerprint density at radius 2 is 2.00 bits per heavy atom. The summed E-state index contributed by atoms with van der Waals surface area (Å²) in [6.07, 6.45) is 2.85. The minimum Gasteiger partial charge on any atom is -0.494 e. The van der Waals surface area contributed by atoms with E-state index in [0.717, 1.165) is 47.8 Å². The zero-order chi connectivity index (χ0) is 14.9. The molecule has 0 saturated heterocycles. The molecule has 0 aliphatic rings. The smallest absolute Gasteiger partial charge is 0.132 e. The molecule has 112 valence electrons. The van der Waals surface area contributed by atoms with Gasteiger partial charge in [-0.3, -0.25) is 0 Å². The van der Waals surface area contributed by atoms with E-state index >= 15 is 0 Å². The van der Waals surface area contributed by atoms with Crippen molar-refractivity contribution in [2.75, 3.05) is 18.5 Å². The maximum atomic E-state index is 5.65. The number of para-hydroxylation sites is 1. The Balaban J connectivity index is 1.73. The topological polar surface area (TPSA) is 47.0 Å². The number of benzene rings is 1. The lowest BCUT2D eigenvalue weighted by molar-refractivity contribution is 0.315. The number of aryl methyl sites for hydroxylation is 1. The zero-order valence-electron chi connectivity index (χ0n) is 12.2. The predicted octanol–water partition coefficient (Wildman–Crippen LogP) is 4.07. The van der Waals surface area contributed by atoms with E-state index < -0.39 is 0 Å². The van der Waals surface area contributed by atoms with Crippen molar-refractivity contribution in [2.45, 2.75) is 26.2 Å². The van der Waals surface area contributed by atoms with Crippen molar-refractivity contribution >= 4 is 21.7 Å². The van der Waals surface area contributed by atoms with Gasteiger partial charge < -0.3 is 10.1 Å². The number of hydrogen-bond donors (Lipinski definition) is 1. The third-order valence-corrected chi connectivity index (χ3v) is 3.26. The van der Waals surface area contributed by atoms with Gasteiger partial charge in [0.1, 0.15) is 22.0 Å². The van der Waals surface area contributed by atoms with Crippen LogP contribution in [0.15, 0.2) is 41.0 Å². The minimum absolute atomic E-state index is 0.686. The van der Waals surface area contributed by atoms with Crippen LogP contribution in [0.3, 0.4) is 0 Å². The maximum absolute atomic E-state index is 5.65. The van der Waals surface area contributed by atoms with Crippen molar-refractivity contribution in [3.8, 4) is 5.75 Å². The van der Waals surface area contributed by atoms with Gasteiger partial charge in [0.25, 0.3) is 0 Å². The summed E-state index contributed by atoms with van der Waals surface area (Å²) < 4.78 is 6.47. The van der Waals surface area contributed by atoms with Gasteiger partial charge in [-0.1, -0.05) is 25.1 Å². The molecule has 0 spiro atoms. The lowest BCUT2D eigenvalue weighted by atomic mass is 10.3. The van der Waals surface area contributed by atoms with Crippen molar-refractivity contribution in [1.82, 2.24) is 9.97 Å². The lowest BCUT2D eigenvalue weighted by Crippen LogP contribution is -2.09. The summed E-state index contributed by atoms with van der Waals surface area (Å²) >= 11 is 3.42. The van der Waals surface area contributed by atoms with Crippen LogP contribution in [0.2, 0.25) is 0 Å². The fourth-order valence-corrected chi connectivity index (χ4v) is 2.31. The molecule has 0 bridgehead atoms. The van der Waals surface area contributed by atoms with E-state index in [2.05, 4.69) is 38.1 Å². The third kappa shape index (κ3) is 5.71. The summed E-state index contributed by atoms with van der Waals surface area (Å²) in [5, 5.41) is 3.31. The van der Waals surface area contributed by atoms with Crippen molar-refractivity contribution in [2.24, 2.45) is 0 Å². The summed E-state index contributed by atoms with van der Waals surface area (Å²) in [5.74, 6) is 2.64. The molecule has 2 aromatic rings. The Hall–Kier alpha value is -1.62. The van der Waals surface area contributed by atoms with Gasteiger partial charge >= 0.3 is 0 Å². The van der Waals surface area contributed by atoms with Gasteiger partial charge in [0, 0.05) is 19.0 Å². The molecular weight excluding hydrogens is 330 g/mol. The zero-order valence-corrected chi connectivity index (χ0v) is 13.8. The molecule has 1 heterocycles. The van der Waals surface area contributed by atoms with Crippen molar-refractivity contribution < 1.29 is 4.74 Å². The monoisotopic (exact) mass is 349 g/mol. The molecule has 5 heteroatoms. The largest absolute Gasteiger partial charge is 0.494 e. The molecule has 1 N–H and O–H groups in total. The van der Waals surface area contributed by atoms with E-state index in [1.165, 1.54) is 0 Å². The number of rotatable bonds is 8. The van der Waals surface area contributed by atoms with Gasteiger partial charge in [-0.2, -0.15) is 0 Å². The summed E-state index contributed by atoms with van der Waals surface area (Å²) in [7, 11) is 0. The Labute approximate surface area is 134 Å². The average Bonchev–Trinajstić information content (AvgIpc) is 2.48. The first kappa shape index (κ1) is 15.8. The summed E-state index contributed by atoms with van der Waals surface area (Å²) in [6.45, 7) is 3.63. The highest BCUT2D eigenvalue weighted by molar-refractivity contribution is 9.10. The highest BCUT2D eigenvalue weighted by Gasteiger charge is 2.02. The number of halogens is 1. The van der Waals surface area contributed by atoms with Crippen LogP contribution >= 0.6 is 15.9 Å². The molecular formula is C16H20BrN3O. The Morgan fingerprint density at radius 1 is 1.19 bits per heavy atom. The van der Waals surface area contributed by atoms with Gasteiger partial charge in [-0.05, 0) is 40.9 Å². The van der Waals surface area contributed by atoms with E-state index in [0.29, 0.717) is 6.61 Å². The SMILES string of the molecule is CCCc1nc(Br)cc(NCCCOc2ccccc2)n1. The molecule has 1 aromatic carbocycles. The van der Waals surface area contributed by atoms with E-state index in [1.807, 2.05) is 36.4 Å². The van der Waals surface area contributed by atoms with Crippen LogP contribution in [-0.4, -0.2) is 23.1 Å². The predicted molar refractivity (Wildman–Crippen MR) is 88.8 cm³/mol. The summed E-state index contributed by atoms with van der Waals surface area (Å²) in [4.78, 5) is 8.83. The molecule has 0 amide bonds. The van der Waals surface area contributed by atoms with Gasteiger partial charge in [0.15, 0.2) is 0 Å². The van der Waals surface area contributed by atoms with Gasteiger partial charge in [-0.25, -0.2) is 9.97 Å². The lowest BCUT2D eigenvalue weighted by Gasteiger charge is -2.09. The molecule has 0 aliphatic carbocycles. The molecule has 2 rings (SSSR count). The molecule has 0 atom stereocenters. The molecule has 0 saturated carbocycles.